The first-order valence-electron chi connectivity index (χ1n) is 9.95. The maximum absolute atomic E-state index is 5.96. The Balaban J connectivity index is 0.00000300. The molecule has 2 aromatic rings. The van der Waals surface area contributed by atoms with Crippen LogP contribution in [0.4, 0.5) is 0 Å². The predicted octanol–water partition coefficient (Wildman–Crippen LogP) is 3.37. The van der Waals surface area contributed by atoms with E-state index in [4.69, 9.17) is 14.7 Å². The average Bonchev–Trinajstić information content (AvgIpc) is 3.30. The second kappa shape index (κ2) is 10.7. The number of hydrogen-bond acceptors (Lipinski definition) is 5. The molecule has 0 aromatic carbocycles. The number of nitrogens with zero attached hydrogens (tertiary/aromatic N) is 5. The standard InChI is InChI=1S/C20H32N6OS.HI/c1-6-21-19(22-8-7-18-24-17(14-28-18)20(2,3)4)26-9-10-27-16(13-26)15-11-23-25(5)12-15;/h11-12,14,16H,6-10,13H2,1-5H3,(H,21,22);1H. The zero-order valence-electron chi connectivity index (χ0n) is 18.0. The number of ether oxygens (including phenoxy) is 1. The molecule has 3 rings (SSSR count). The fourth-order valence-electron chi connectivity index (χ4n) is 3.10. The molecule has 7 nitrogen and oxygen atoms in total. The number of guanidine groups is 1. The number of halogens is 1. The SMILES string of the molecule is CCNC(=NCCc1nc(C(C)(C)C)cs1)N1CCOC(c2cnn(C)c2)C1.I. The van der Waals surface area contributed by atoms with Gasteiger partial charge in [-0.3, -0.25) is 9.67 Å². The van der Waals surface area contributed by atoms with Gasteiger partial charge in [0.15, 0.2) is 5.96 Å². The topological polar surface area (TPSA) is 67.6 Å². The molecule has 3 heterocycles. The van der Waals surface area contributed by atoms with Crippen LogP contribution >= 0.6 is 35.3 Å². The van der Waals surface area contributed by atoms with Crippen molar-refractivity contribution < 1.29 is 4.74 Å². The van der Waals surface area contributed by atoms with E-state index in [-0.39, 0.29) is 35.5 Å². The van der Waals surface area contributed by atoms with E-state index in [0.717, 1.165) is 54.8 Å². The molecule has 9 heteroatoms. The van der Waals surface area contributed by atoms with Crippen LogP contribution in [0.1, 0.15) is 50.1 Å². The Labute approximate surface area is 195 Å². The molecule has 1 aliphatic heterocycles. The van der Waals surface area contributed by atoms with Crippen LogP contribution in [-0.2, 0) is 23.6 Å². The zero-order valence-corrected chi connectivity index (χ0v) is 21.2. The number of morpholine rings is 1. The van der Waals surface area contributed by atoms with Crippen molar-refractivity contribution in [1.82, 2.24) is 25.0 Å². The molecule has 0 spiro atoms. The third-order valence-electron chi connectivity index (χ3n) is 4.70. The fraction of sp³-hybridized carbons (Fsp3) is 0.650. The van der Waals surface area contributed by atoms with E-state index in [1.54, 1.807) is 11.3 Å². The van der Waals surface area contributed by atoms with Crippen molar-refractivity contribution in [2.75, 3.05) is 32.8 Å². The summed E-state index contributed by atoms with van der Waals surface area (Å²) in [7, 11) is 1.93. The Hall–Kier alpha value is -1.20. The molecule has 1 N–H and O–H groups in total. The van der Waals surface area contributed by atoms with Gasteiger partial charge in [-0.05, 0) is 6.92 Å². The van der Waals surface area contributed by atoms with E-state index in [9.17, 15) is 0 Å². The summed E-state index contributed by atoms with van der Waals surface area (Å²) in [6.45, 7) is 12.6. The predicted molar refractivity (Wildman–Crippen MR) is 129 cm³/mol. The van der Waals surface area contributed by atoms with Gasteiger partial charge < -0.3 is 15.0 Å². The molecule has 0 radical (unpaired) electrons. The summed E-state index contributed by atoms with van der Waals surface area (Å²) in [5.74, 6) is 0.951. The summed E-state index contributed by atoms with van der Waals surface area (Å²) in [4.78, 5) is 11.9. The number of aryl methyl sites for hydroxylation is 1. The summed E-state index contributed by atoms with van der Waals surface area (Å²) >= 11 is 1.73. The van der Waals surface area contributed by atoms with E-state index < -0.39 is 0 Å². The van der Waals surface area contributed by atoms with Gasteiger partial charge in [0.25, 0.3) is 0 Å². The van der Waals surface area contributed by atoms with E-state index in [1.165, 1.54) is 0 Å². The quantitative estimate of drug-likeness (QED) is 0.364. The molecule has 162 valence electrons. The first-order valence-corrected chi connectivity index (χ1v) is 10.8. The van der Waals surface area contributed by atoms with Crippen LogP contribution in [0.15, 0.2) is 22.8 Å². The Kier molecular flexibility index (Phi) is 8.90. The van der Waals surface area contributed by atoms with Gasteiger partial charge in [0.05, 0.1) is 30.1 Å². The van der Waals surface area contributed by atoms with Gasteiger partial charge in [0.2, 0.25) is 0 Å². The first-order chi connectivity index (χ1) is 13.4. The smallest absolute Gasteiger partial charge is 0.194 e. The fourth-order valence-corrected chi connectivity index (χ4v) is 4.12. The normalized spacial score (nSPS) is 17.9. The number of nitrogens with one attached hydrogen (secondary N) is 1. The van der Waals surface area contributed by atoms with Crippen LogP contribution < -0.4 is 5.32 Å². The summed E-state index contributed by atoms with van der Waals surface area (Å²) in [5.41, 5.74) is 2.37. The molecule has 1 saturated heterocycles. The molecule has 1 unspecified atom stereocenters. The molecule has 0 aliphatic carbocycles. The summed E-state index contributed by atoms with van der Waals surface area (Å²) < 4.78 is 7.77. The van der Waals surface area contributed by atoms with Crippen LogP contribution in [0.25, 0.3) is 0 Å². The van der Waals surface area contributed by atoms with Gasteiger partial charge in [0, 0.05) is 55.7 Å². The van der Waals surface area contributed by atoms with Crippen molar-refractivity contribution in [2.24, 2.45) is 12.0 Å². The van der Waals surface area contributed by atoms with Crippen LogP contribution in [0.3, 0.4) is 0 Å². The molecular weight excluding hydrogens is 499 g/mol. The van der Waals surface area contributed by atoms with Gasteiger partial charge in [-0.1, -0.05) is 20.8 Å². The van der Waals surface area contributed by atoms with Crippen molar-refractivity contribution in [3.63, 3.8) is 0 Å². The van der Waals surface area contributed by atoms with Crippen LogP contribution in [0, 0.1) is 0 Å². The van der Waals surface area contributed by atoms with Gasteiger partial charge in [-0.2, -0.15) is 5.10 Å². The van der Waals surface area contributed by atoms with Crippen LogP contribution in [0.5, 0.6) is 0 Å². The van der Waals surface area contributed by atoms with Crippen LogP contribution in [-0.4, -0.2) is 58.4 Å². The van der Waals surface area contributed by atoms with E-state index in [0.29, 0.717) is 6.61 Å². The minimum Gasteiger partial charge on any atom is -0.370 e. The van der Waals surface area contributed by atoms with Gasteiger partial charge in [-0.25, -0.2) is 4.98 Å². The first kappa shape index (κ1) is 24.1. The van der Waals surface area contributed by atoms with Crippen molar-refractivity contribution >= 4 is 41.3 Å². The highest BCUT2D eigenvalue weighted by Gasteiger charge is 2.25. The summed E-state index contributed by atoms with van der Waals surface area (Å²) in [6, 6.07) is 0. The van der Waals surface area contributed by atoms with Gasteiger partial charge in [-0.15, -0.1) is 35.3 Å². The highest BCUT2D eigenvalue weighted by Crippen LogP contribution is 2.24. The highest BCUT2D eigenvalue weighted by atomic mass is 127. The lowest BCUT2D eigenvalue weighted by Crippen LogP contribution is -2.48. The number of aliphatic imine (C=N–C) groups is 1. The lowest BCUT2D eigenvalue weighted by Gasteiger charge is -2.34. The summed E-state index contributed by atoms with van der Waals surface area (Å²) in [6.07, 6.45) is 4.80. The minimum absolute atomic E-state index is 0. The molecule has 1 fully saturated rings. The Morgan fingerprint density at radius 1 is 1.41 bits per heavy atom. The second-order valence-corrected chi connectivity index (χ2v) is 9.06. The van der Waals surface area contributed by atoms with Gasteiger partial charge >= 0.3 is 0 Å². The molecule has 0 bridgehead atoms. The Morgan fingerprint density at radius 2 is 2.21 bits per heavy atom. The lowest BCUT2D eigenvalue weighted by molar-refractivity contribution is -0.00803. The highest BCUT2D eigenvalue weighted by molar-refractivity contribution is 14.0. The number of aromatic nitrogens is 3. The molecule has 0 saturated carbocycles. The molecule has 0 amide bonds. The van der Waals surface area contributed by atoms with E-state index >= 15 is 0 Å². The third kappa shape index (κ3) is 6.65. The monoisotopic (exact) mass is 532 g/mol. The Bertz CT molecular complexity index is 797. The third-order valence-corrected chi connectivity index (χ3v) is 5.61. The van der Waals surface area contributed by atoms with Crippen molar-refractivity contribution in [3.05, 3.63) is 34.0 Å². The Morgan fingerprint density at radius 3 is 2.83 bits per heavy atom. The second-order valence-electron chi connectivity index (χ2n) is 8.11. The van der Waals surface area contributed by atoms with Crippen molar-refractivity contribution in [3.8, 4) is 0 Å². The van der Waals surface area contributed by atoms with Crippen LogP contribution in [0.2, 0.25) is 0 Å². The van der Waals surface area contributed by atoms with E-state index in [2.05, 4.69) is 48.4 Å². The zero-order chi connectivity index (χ0) is 20.1. The van der Waals surface area contributed by atoms with Crippen molar-refractivity contribution in [2.45, 2.75) is 45.6 Å². The average molecular weight is 532 g/mol. The largest absolute Gasteiger partial charge is 0.370 e. The maximum Gasteiger partial charge on any atom is 0.194 e. The number of thiazole rings is 1. The molecule has 1 atom stereocenters. The maximum atomic E-state index is 5.96. The molecule has 1 aliphatic rings. The van der Waals surface area contributed by atoms with Gasteiger partial charge in [0.1, 0.15) is 6.10 Å². The lowest BCUT2D eigenvalue weighted by atomic mass is 9.93. The number of hydrogen-bond donors (Lipinski definition) is 1. The minimum atomic E-state index is 0. The van der Waals surface area contributed by atoms with Crippen molar-refractivity contribution in [1.29, 1.82) is 0 Å². The summed E-state index contributed by atoms with van der Waals surface area (Å²) in [5, 5.41) is 11.0. The molecule has 29 heavy (non-hydrogen) atoms. The number of rotatable bonds is 5. The molecular formula is C20H33IN6OS. The molecule has 2 aromatic heterocycles. The van der Waals surface area contributed by atoms with E-state index in [1.807, 2.05) is 24.1 Å².